The molecule has 33 heavy (non-hydrogen) atoms. The van der Waals surface area contributed by atoms with Crippen molar-refractivity contribution in [3.8, 4) is 0 Å². The molecule has 1 N–H and O–H groups in total. The van der Waals surface area contributed by atoms with Gasteiger partial charge in [-0.25, -0.2) is 0 Å². The average Bonchev–Trinajstić information content (AvgIpc) is 3.26. The summed E-state index contributed by atoms with van der Waals surface area (Å²) in [6.07, 6.45) is 6.87. The Morgan fingerprint density at radius 2 is 1.97 bits per heavy atom. The smallest absolute Gasteiger partial charge is 0.253 e. The van der Waals surface area contributed by atoms with Crippen LogP contribution in [0.2, 0.25) is 0 Å². The van der Waals surface area contributed by atoms with Crippen LogP contribution in [0.3, 0.4) is 0 Å². The summed E-state index contributed by atoms with van der Waals surface area (Å²) in [7, 11) is 0. The maximum absolute atomic E-state index is 13.4. The van der Waals surface area contributed by atoms with E-state index in [1.165, 1.54) is 0 Å². The first-order valence-corrected chi connectivity index (χ1v) is 11.6. The van der Waals surface area contributed by atoms with E-state index in [0.717, 1.165) is 29.8 Å². The van der Waals surface area contributed by atoms with Crippen LogP contribution >= 0.6 is 0 Å². The quantitative estimate of drug-likeness (QED) is 0.491. The molecule has 0 fully saturated rings. The first kappa shape index (κ1) is 22.9. The van der Waals surface area contributed by atoms with Gasteiger partial charge < -0.3 is 14.6 Å². The summed E-state index contributed by atoms with van der Waals surface area (Å²) in [5.41, 5.74) is 3.71. The Balaban J connectivity index is 1.58. The van der Waals surface area contributed by atoms with Gasteiger partial charge in [0.05, 0.1) is 41.9 Å². The lowest BCUT2D eigenvalue weighted by molar-refractivity contribution is 0.0780. The molecule has 1 aliphatic heterocycles. The van der Waals surface area contributed by atoms with E-state index in [0.29, 0.717) is 37.4 Å². The van der Waals surface area contributed by atoms with Crippen molar-refractivity contribution in [2.45, 2.75) is 58.2 Å². The fourth-order valence-electron chi connectivity index (χ4n) is 4.40. The molecule has 0 bridgehead atoms. The van der Waals surface area contributed by atoms with Crippen LogP contribution in [0.4, 0.5) is 0 Å². The van der Waals surface area contributed by atoms with Gasteiger partial charge in [-0.15, -0.1) is 0 Å². The van der Waals surface area contributed by atoms with Crippen LogP contribution in [0, 0.1) is 0 Å². The zero-order valence-corrected chi connectivity index (χ0v) is 19.2. The summed E-state index contributed by atoms with van der Waals surface area (Å²) >= 11 is 0. The number of ketones is 1. The third kappa shape index (κ3) is 5.03. The highest BCUT2D eigenvalue weighted by Gasteiger charge is 2.28. The van der Waals surface area contributed by atoms with Gasteiger partial charge in [0.15, 0.2) is 5.78 Å². The number of nitrogens with one attached hydrogen (secondary N) is 1. The minimum atomic E-state index is -0.181. The van der Waals surface area contributed by atoms with Gasteiger partial charge in [0.1, 0.15) is 0 Å². The van der Waals surface area contributed by atoms with Crippen molar-refractivity contribution in [3.05, 3.63) is 83.2 Å². The molecule has 0 saturated carbocycles. The van der Waals surface area contributed by atoms with Crippen molar-refractivity contribution in [1.29, 1.82) is 0 Å². The number of carbonyl (C=O) groups is 2. The summed E-state index contributed by atoms with van der Waals surface area (Å²) in [5, 5.41) is 3.14. The number of hydrogen-bond acceptors (Lipinski definition) is 5. The van der Waals surface area contributed by atoms with Gasteiger partial charge in [-0.05, 0) is 24.5 Å². The zero-order valence-electron chi connectivity index (χ0n) is 19.2. The summed E-state index contributed by atoms with van der Waals surface area (Å²) in [6, 6.07) is 11.6. The van der Waals surface area contributed by atoms with E-state index < -0.39 is 0 Å². The Kier molecular flexibility index (Phi) is 7.29. The Morgan fingerprint density at radius 1 is 1.15 bits per heavy atom. The number of hydrogen-bond donors (Lipinski definition) is 1. The van der Waals surface area contributed by atoms with Crippen LogP contribution < -0.4 is 5.32 Å². The number of nitrogens with zero attached hydrogens (tertiary/aromatic N) is 3. The maximum Gasteiger partial charge on any atom is 0.253 e. The molecule has 0 saturated heterocycles. The minimum Gasteiger partial charge on any atom is -0.373 e. The molecule has 0 aliphatic carbocycles. The fraction of sp³-hybridized carbons (Fsp3) is 0.385. The molecular formula is C26H30N4O3. The molecular weight excluding hydrogens is 416 g/mol. The largest absolute Gasteiger partial charge is 0.373 e. The van der Waals surface area contributed by atoms with Crippen molar-refractivity contribution >= 4 is 11.7 Å². The van der Waals surface area contributed by atoms with Crippen LogP contribution in [0.1, 0.15) is 82.9 Å². The van der Waals surface area contributed by atoms with Gasteiger partial charge in [-0.1, -0.05) is 44.2 Å². The molecule has 3 heterocycles. The number of Topliss-reactive ketones (excluding diaryl/α,β-unsaturated/α-hetero) is 1. The maximum atomic E-state index is 13.4. The normalized spacial score (nSPS) is 14.8. The highest BCUT2D eigenvalue weighted by Crippen LogP contribution is 2.27. The number of carbonyl (C=O) groups excluding carboxylic acids is 2. The van der Waals surface area contributed by atoms with E-state index in [2.05, 4.69) is 15.3 Å². The first-order chi connectivity index (χ1) is 16.1. The first-order valence-electron chi connectivity index (χ1n) is 11.6. The number of ether oxygens (including phenoxy) is 1. The second kappa shape index (κ2) is 10.5. The van der Waals surface area contributed by atoms with Gasteiger partial charge in [0.25, 0.3) is 5.91 Å². The number of aromatic nitrogens is 3. The molecule has 4 rings (SSSR count). The molecule has 0 unspecified atom stereocenters. The monoisotopic (exact) mass is 446 g/mol. The second-order valence-corrected chi connectivity index (χ2v) is 8.30. The van der Waals surface area contributed by atoms with Crippen LogP contribution in [-0.4, -0.2) is 32.8 Å². The molecule has 172 valence electrons. The average molecular weight is 447 g/mol. The van der Waals surface area contributed by atoms with Crippen LogP contribution in [-0.2, 0) is 17.9 Å². The molecule has 1 amide bonds. The van der Waals surface area contributed by atoms with Gasteiger partial charge in [-0.3, -0.25) is 19.6 Å². The Morgan fingerprint density at radius 3 is 2.67 bits per heavy atom. The molecule has 2 atom stereocenters. The number of amides is 1. The van der Waals surface area contributed by atoms with Gasteiger partial charge in [-0.2, -0.15) is 0 Å². The molecule has 7 heteroatoms. The molecule has 0 spiro atoms. The third-order valence-corrected chi connectivity index (χ3v) is 6.28. The minimum absolute atomic E-state index is 0.00445. The van der Waals surface area contributed by atoms with Crippen molar-refractivity contribution in [2.75, 3.05) is 6.61 Å². The van der Waals surface area contributed by atoms with Crippen LogP contribution in [0.25, 0.3) is 0 Å². The van der Waals surface area contributed by atoms with E-state index in [9.17, 15) is 9.59 Å². The molecule has 1 aliphatic rings. The fourth-order valence-corrected chi connectivity index (χ4v) is 4.40. The highest BCUT2D eigenvalue weighted by molar-refractivity contribution is 6.01. The molecule has 3 aromatic rings. The summed E-state index contributed by atoms with van der Waals surface area (Å²) < 4.78 is 7.59. The number of rotatable bonds is 9. The SMILES string of the molecule is CC[C@@H](CC(=O)c1cc(C(=O)N[C@H](CC)c2ccccc2)c2n1CCOC2)c1cnccn1. The highest BCUT2D eigenvalue weighted by atomic mass is 16.5. The molecule has 2 aromatic heterocycles. The Labute approximate surface area is 194 Å². The van der Waals surface area contributed by atoms with Gasteiger partial charge in [0.2, 0.25) is 0 Å². The zero-order chi connectivity index (χ0) is 23.2. The second-order valence-electron chi connectivity index (χ2n) is 8.30. The standard InChI is InChI=1S/C26H30N4O3/c1-3-18(22-16-27-10-11-28-22)14-25(31)23-15-20(24-17-33-13-12-30(23)24)26(32)29-21(4-2)19-8-6-5-7-9-19/h5-11,15-16,18,21H,3-4,12-14,17H2,1-2H3,(H,29,32)/t18-,21+/m0/s1. The summed E-state index contributed by atoms with van der Waals surface area (Å²) in [5.74, 6) is -0.193. The summed E-state index contributed by atoms with van der Waals surface area (Å²) in [4.78, 5) is 35.2. The Bertz CT molecular complexity index is 1010. The van der Waals surface area contributed by atoms with Crippen molar-refractivity contribution < 1.29 is 14.3 Å². The van der Waals surface area contributed by atoms with Crippen molar-refractivity contribution in [3.63, 3.8) is 0 Å². The number of benzene rings is 1. The van der Waals surface area contributed by atoms with E-state index in [4.69, 9.17) is 4.74 Å². The number of fused-ring (bicyclic) bond motifs is 1. The van der Waals surface area contributed by atoms with Gasteiger partial charge in [0, 0.05) is 37.5 Å². The van der Waals surface area contributed by atoms with Crippen molar-refractivity contribution in [1.82, 2.24) is 19.9 Å². The van der Waals surface area contributed by atoms with Crippen LogP contribution in [0.5, 0.6) is 0 Å². The Hall–Kier alpha value is -3.32. The predicted octanol–water partition coefficient (Wildman–Crippen LogP) is 4.46. The van der Waals surface area contributed by atoms with E-state index in [1.54, 1.807) is 24.7 Å². The van der Waals surface area contributed by atoms with Gasteiger partial charge >= 0.3 is 0 Å². The summed E-state index contributed by atoms with van der Waals surface area (Å²) in [6.45, 7) is 5.48. The predicted molar refractivity (Wildman–Crippen MR) is 125 cm³/mol. The van der Waals surface area contributed by atoms with E-state index in [-0.39, 0.29) is 23.7 Å². The lowest BCUT2D eigenvalue weighted by atomic mass is 9.95. The molecule has 7 nitrogen and oxygen atoms in total. The lowest BCUT2D eigenvalue weighted by Gasteiger charge is -2.21. The van der Waals surface area contributed by atoms with Crippen LogP contribution in [0.15, 0.2) is 55.0 Å². The topological polar surface area (TPSA) is 86.1 Å². The third-order valence-electron chi connectivity index (χ3n) is 6.28. The lowest BCUT2D eigenvalue weighted by Crippen LogP contribution is -2.29. The molecule has 0 radical (unpaired) electrons. The molecule has 1 aromatic carbocycles. The van der Waals surface area contributed by atoms with E-state index >= 15 is 0 Å². The van der Waals surface area contributed by atoms with E-state index in [1.807, 2.05) is 48.7 Å². The van der Waals surface area contributed by atoms with Crippen molar-refractivity contribution in [2.24, 2.45) is 0 Å².